The molecule has 4 nitrogen and oxygen atoms in total. The van der Waals surface area contributed by atoms with Gasteiger partial charge in [-0.15, -0.1) is 0 Å². The predicted octanol–water partition coefficient (Wildman–Crippen LogP) is 3.14. The van der Waals surface area contributed by atoms with Crippen molar-refractivity contribution >= 4 is 11.6 Å². The molecule has 0 radical (unpaired) electrons. The molecule has 1 atom stereocenters. The van der Waals surface area contributed by atoms with Gasteiger partial charge in [-0.3, -0.25) is 4.99 Å². The summed E-state index contributed by atoms with van der Waals surface area (Å²) in [4.78, 5) is 9.98. The largest absolute Gasteiger partial charge is 0.356 e. The third-order valence-corrected chi connectivity index (χ3v) is 5.26. The van der Waals surface area contributed by atoms with Gasteiger partial charge in [0, 0.05) is 37.9 Å². The lowest BCUT2D eigenvalue weighted by Gasteiger charge is -2.35. The highest BCUT2D eigenvalue weighted by molar-refractivity contribution is 5.97. The summed E-state index contributed by atoms with van der Waals surface area (Å²) in [6.45, 7) is 12.1. The number of hydrogen-bond donors (Lipinski definition) is 1. The highest BCUT2D eigenvalue weighted by Gasteiger charge is 2.24. The van der Waals surface area contributed by atoms with Gasteiger partial charge >= 0.3 is 0 Å². The molecule has 0 amide bonds. The first-order valence-corrected chi connectivity index (χ1v) is 9.56. The smallest absolute Gasteiger partial charge is 0.198 e. The van der Waals surface area contributed by atoms with Gasteiger partial charge in [-0.05, 0) is 64.1 Å². The van der Waals surface area contributed by atoms with Crippen LogP contribution in [0.25, 0.3) is 0 Å². The van der Waals surface area contributed by atoms with Crippen molar-refractivity contribution in [1.29, 1.82) is 0 Å². The molecule has 3 rings (SSSR count). The number of nitrogens with one attached hydrogen (secondary N) is 1. The van der Waals surface area contributed by atoms with Gasteiger partial charge in [-0.1, -0.05) is 18.2 Å². The van der Waals surface area contributed by atoms with Crippen LogP contribution in [0.5, 0.6) is 0 Å². The van der Waals surface area contributed by atoms with E-state index in [-0.39, 0.29) is 0 Å². The lowest BCUT2D eigenvalue weighted by Crippen LogP contribution is -2.43. The standard InChI is InChI=1S/C20H32N4/c1-4-21-20(24-13-11-18-9-5-6-10-19(18)24)22-14-17-8-7-12-23(15-17)16(2)3/h5-6,9-10,16-17H,4,7-8,11-15H2,1-3H3,(H,21,22). The molecule has 2 aliphatic rings. The minimum absolute atomic E-state index is 0.649. The molecule has 0 bridgehead atoms. The van der Waals surface area contributed by atoms with Crippen molar-refractivity contribution in [3.8, 4) is 0 Å². The Morgan fingerprint density at radius 1 is 1.29 bits per heavy atom. The maximum Gasteiger partial charge on any atom is 0.198 e. The fourth-order valence-electron chi connectivity index (χ4n) is 3.88. The number of likely N-dealkylation sites (tertiary alicyclic amines) is 1. The van der Waals surface area contributed by atoms with Gasteiger partial charge in [-0.25, -0.2) is 0 Å². The summed E-state index contributed by atoms with van der Waals surface area (Å²) >= 11 is 0. The van der Waals surface area contributed by atoms with E-state index in [2.05, 4.69) is 60.2 Å². The molecule has 0 spiro atoms. The molecule has 1 N–H and O–H groups in total. The number of anilines is 1. The molecular weight excluding hydrogens is 296 g/mol. The maximum absolute atomic E-state index is 5.02. The maximum atomic E-state index is 5.02. The molecule has 1 fully saturated rings. The van der Waals surface area contributed by atoms with Crippen LogP contribution in [-0.4, -0.2) is 49.6 Å². The van der Waals surface area contributed by atoms with E-state index in [0.29, 0.717) is 12.0 Å². The van der Waals surface area contributed by atoms with Gasteiger partial charge in [-0.2, -0.15) is 0 Å². The van der Waals surface area contributed by atoms with Crippen LogP contribution in [0.3, 0.4) is 0 Å². The third kappa shape index (κ3) is 3.92. The summed E-state index contributed by atoms with van der Waals surface area (Å²) in [6, 6.07) is 9.37. The van der Waals surface area contributed by atoms with Crippen molar-refractivity contribution in [1.82, 2.24) is 10.2 Å². The average Bonchev–Trinajstić information content (AvgIpc) is 3.03. The topological polar surface area (TPSA) is 30.9 Å². The predicted molar refractivity (Wildman–Crippen MR) is 103 cm³/mol. The number of para-hydroxylation sites is 1. The second-order valence-corrected chi connectivity index (χ2v) is 7.32. The van der Waals surface area contributed by atoms with E-state index in [1.807, 2.05) is 0 Å². The summed E-state index contributed by atoms with van der Waals surface area (Å²) in [5.41, 5.74) is 2.76. The van der Waals surface area contributed by atoms with Crippen molar-refractivity contribution in [3.63, 3.8) is 0 Å². The minimum atomic E-state index is 0.649. The molecule has 0 aliphatic carbocycles. The molecule has 2 aliphatic heterocycles. The molecule has 1 aromatic carbocycles. The Bertz CT molecular complexity index is 567. The summed E-state index contributed by atoms with van der Waals surface area (Å²) < 4.78 is 0. The molecule has 1 saturated heterocycles. The van der Waals surface area contributed by atoms with Crippen molar-refractivity contribution in [2.75, 3.05) is 37.6 Å². The van der Waals surface area contributed by atoms with Gasteiger partial charge in [0.15, 0.2) is 5.96 Å². The van der Waals surface area contributed by atoms with E-state index in [9.17, 15) is 0 Å². The Labute approximate surface area is 146 Å². The van der Waals surface area contributed by atoms with Gasteiger partial charge in [0.05, 0.1) is 0 Å². The second-order valence-electron chi connectivity index (χ2n) is 7.32. The number of hydrogen-bond acceptors (Lipinski definition) is 2. The monoisotopic (exact) mass is 328 g/mol. The van der Waals surface area contributed by atoms with Gasteiger partial charge in [0.2, 0.25) is 0 Å². The van der Waals surface area contributed by atoms with Crippen LogP contribution in [0.1, 0.15) is 39.2 Å². The van der Waals surface area contributed by atoms with Crippen LogP contribution < -0.4 is 10.2 Å². The Kier molecular flexibility index (Phi) is 5.77. The first-order chi connectivity index (χ1) is 11.7. The zero-order valence-corrected chi connectivity index (χ0v) is 15.5. The SMILES string of the molecule is CCNC(=NCC1CCCN(C(C)C)C1)N1CCc2ccccc21. The molecule has 0 saturated carbocycles. The Morgan fingerprint density at radius 3 is 2.92 bits per heavy atom. The Hall–Kier alpha value is -1.55. The summed E-state index contributed by atoms with van der Waals surface area (Å²) in [5.74, 6) is 1.75. The fraction of sp³-hybridized carbons (Fsp3) is 0.650. The van der Waals surface area contributed by atoms with Gasteiger partial charge < -0.3 is 15.1 Å². The number of guanidine groups is 1. The number of piperidine rings is 1. The number of aliphatic imine (C=N–C) groups is 1. The second kappa shape index (κ2) is 8.02. The Balaban J connectivity index is 1.69. The molecule has 132 valence electrons. The number of benzene rings is 1. The van der Waals surface area contributed by atoms with Gasteiger partial charge in [0.1, 0.15) is 0 Å². The molecule has 0 aromatic heterocycles. The third-order valence-electron chi connectivity index (χ3n) is 5.26. The fourth-order valence-corrected chi connectivity index (χ4v) is 3.88. The number of nitrogens with zero attached hydrogens (tertiary/aromatic N) is 3. The summed E-state index contributed by atoms with van der Waals surface area (Å²) in [6.07, 6.45) is 3.73. The van der Waals surface area contributed by atoms with Crippen molar-refractivity contribution in [2.24, 2.45) is 10.9 Å². The van der Waals surface area contributed by atoms with Crippen LogP contribution in [0.15, 0.2) is 29.3 Å². The molecule has 1 unspecified atom stereocenters. The van der Waals surface area contributed by atoms with Crippen molar-refractivity contribution in [2.45, 2.75) is 46.1 Å². The van der Waals surface area contributed by atoms with E-state index in [0.717, 1.165) is 32.0 Å². The minimum Gasteiger partial charge on any atom is -0.356 e. The molecule has 24 heavy (non-hydrogen) atoms. The van der Waals surface area contributed by atoms with Crippen molar-refractivity contribution in [3.05, 3.63) is 29.8 Å². The first-order valence-electron chi connectivity index (χ1n) is 9.56. The zero-order chi connectivity index (χ0) is 16.9. The zero-order valence-electron chi connectivity index (χ0n) is 15.5. The van der Waals surface area contributed by atoms with E-state index < -0.39 is 0 Å². The summed E-state index contributed by atoms with van der Waals surface area (Å²) in [5, 5.41) is 3.50. The number of rotatable bonds is 4. The van der Waals surface area contributed by atoms with Gasteiger partial charge in [0.25, 0.3) is 0 Å². The summed E-state index contributed by atoms with van der Waals surface area (Å²) in [7, 11) is 0. The normalized spacial score (nSPS) is 22.1. The lowest BCUT2D eigenvalue weighted by molar-refractivity contribution is 0.143. The molecule has 4 heteroatoms. The van der Waals surface area contributed by atoms with Crippen molar-refractivity contribution < 1.29 is 0 Å². The quantitative estimate of drug-likeness (QED) is 0.680. The molecule has 1 aromatic rings. The average molecular weight is 329 g/mol. The van der Waals surface area contributed by atoms with Crippen LogP contribution in [0, 0.1) is 5.92 Å². The highest BCUT2D eigenvalue weighted by atomic mass is 15.3. The van der Waals surface area contributed by atoms with E-state index in [4.69, 9.17) is 4.99 Å². The van der Waals surface area contributed by atoms with Crippen LogP contribution in [-0.2, 0) is 6.42 Å². The van der Waals surface area contributed by atoms with E-state index in [1.165, 1.54) is 37.2 Å². The van der Waals surface area contributed by atoms with E-state index >= 15 is 0 Å². The van der Waals surface area contributed by atoms with Crippen LogP contribution in [0.2, 0.25) is 0 Å². The highest BCUT2D eigenvalue weighted by Crippen LogP contribution is 2.27. The first kappa shape index (κ1) is 17.3. The molecular formula is C20H32N4. The molecule has 2 heterocycles. The number of fused-ring (bicyclic) bond motifs is 1. The van der Waals surface area contributed by atoms with Crippen LogP contribution in [0.4, 0.5) is 5.69 Å². The van der Waals surface area contributed by atoms with E-state index in [1.54, 1.807) is 0 Å². The van der Waals surface area contributed by atoms with Crippen LogP contribution >= 0.6 is 0 Å². The lowest BCUT2D eigenvalue weighted by atomic mass is 9.97. The Morgan fingerprint density at radius 2 is 2.12 bits per heavy atom.